The van der Waals surface area contributed by atoms with Crippen molar-refractivity contribution in [1.82, 2.24) is 5.32 Å². The van der Waals surface area contributed by atoms with Crippen LogP contribution in [0.25, 0.3) is 0 Å². The van der Waals surface area contributed by atoms with Gasteiger partial charge in [0.2, 0.25) is 5.91 Å². The first-order valence-electron chi connectivity index (χ1n) is 5.69. The van der Waals surface area contributed by atoms with Gasteiger partial charge < -0.3 is 16.2 Å². The molecule has 4 heteroatoms. The summed E-state index contributed by atoms with van der Waals surface area (Å²) in [5.41, 5.74) is 4.71. The van der Waals surface area contributed by atoms with E-state index in [9.17, 15) is 9.90 Å². The number of rotatable bonds is 3. The highest BCUT2D eigenvalue weighted by atomic mass is 16.3. The molecule has 1 amide bonds. The highest BCUT2D eigenvalue weighted by Crippen LogP contribution is 2.31. The van der Waals surface area contributed by atoms with Crippen LogP contribution in [-0.4, -0.2) is 29.2 Å². The Bertz CT molecular complexity index is 221. The maximum absolute atomic E-state index is 11.2. The molecule has 1 atom stereocenters. The van der Waals surface area contributed by atoms with Crippen LogP contribution in [-0.2, 0) is 4.79 Å². The van der Waals surface area contributed by atoms with Crippen LogP contribution in [0.4, 0.5) is 0 Å². The van der Waals surface area contributed by atoms with Crippen LogP contribution in [0.3, 0.4) is 0 Å². The second-order valence-electron chi connectivity index (χ2n) is 4.91. The maximum Gasteiger partial charge on any atom is 0.236 e. The third-order valence-electron chi connectivity index (χ3n) is 3.21. The summed E-state index contributed by atoms with van der Waals surface area (Å²) in [5.74, 6) is 0.497. The smallest absolute Gasteiger partial charge is 0.236 e. The zero-order chi connectivity index (χ0) is 11.5. The van der Waals surface area contributed by atoms with Crippen molar-refractivity contribution in [2.24, 2.45) is 11.7 Å². The molecule has 15 heavy (non-hydrogen) atoms. The van der Waals surface area contributed by atoms with Gasteiger partial charge in [0.1, 0.15) is 0 Å². The Kier molecular flexibility index (Phi) is 4.11. The Morgan fingerprint density at radius 1 is 1.60 bits per heavy atom. The fourth-order valence-corrected chi connectivity index (χ4v) is 1.89. The van der Waals surface area contributed by atoms with Gasteiger partial charge >= 0.3 is 0 Å². The van der Waals surface area contributed by atoms with Gasteiger partial charge in [0, 0.05) is 6.54 Å². The summed E-state index contributed by atoms with van der Waals surface area (Å²) >= 11 is 0. The lowest BCUT2D eigenvalue weighted by molar-refractivity contribution is -0.123. The monoisotopic (exact) mass is 214 g/mol. The summed E-state index contributed by atoms with van der Waals surface area (Å²) in [6.45, 7) is 4.17. The van der Waals surface area contributed by atoms with Gasteiger partial charge in [-0.2, -0.15) is 0 Å². The molecule has 4 N–H and O–H groups in total. The predicted octanol–water partition coefficient (Wildman–Crippen LogP) is 0.391. The van der Waals surface area contributed by atoms with Crippen molar-refractivity contribution in [2.75, 3.05) is 6.54 Å². The highest BCUT2D eigenvalue weighted by molar-refractivity contribution is 5.81. The van der Waals surface area contributed by atoms with Gasteiger partial charge in [0.15, 0.2) is 0 Å². The molecule has 0 aromatic heterocycles. The fourth-order valence-electron chi connectivity index (χ4n) is 1.89. The Morgan fingerprint density at radius 2 is 2.13 bits per heavy atom. The van der Waals surface area contributed by atoms with E-state index in [1.807, 2.05) is 0 Å². The largest absolute Gasteiger partial charge is 0.388 e. The minimum absolute atomic E-state index is 0.193. The van der Waals surface area contributed by atoms with Crippen LogP contribution in [0.2, 0.25) is 0 Å². The average molecular weight is 214 g/mol. The molecule has 0 aliphatic heterocycles. The Balaban J connectivity index is 2.34. The summed E-state index contributed by atoms with van der Waals surface area (Å²) in [5, 5.41) is 12.9. The second kappa shape index (κ2) is 4.94. The molecular weight excluding hydrogens is 192 g/mol. The van der Waals surface area contributed by atoms with Crippen LogP contribution < -0.4 is 11.1 Å². The predicted molar refractivity (Wildman–Crippen MR) is 59.2 cm³/mol. The van der Waals surface area contributed by atoms with Crippen molar-refractivity contribution in [2.45, 2.75) is 51.2 Å². The quantitative estimate of drug-likeness (QED) is 0.636. The van der Waals surface area contributed by atoms with Crippen LogP contribution in [0.15, 0.2) is 0 Å². The number of nitrogens with one attached hydrogen (secondary N) is 1. The topological polar surface area (TPSA) is 75.3 Å². The molecule has 0 saturated heterocycles. The molecule has 1 unspecified atom stereocenters. The lowest BCUT2D eigenvalue weighted by Crippen LogP contribution is -2.48. The van der Waals surface area contributed by atoms with E-state index in [2.05, 4.69) is 12.2 Å². The van der Waals surface area contributed by atoms with E-state index in [1.54, 1.807) is 6.92 Å². The molecule has 1 fully saturated rings. The van der Waals surface area contributed by atoms with Crippen molar-refractivity contribution >= 4 is 5.91 Å². The molecular formula is C11H22N2O2. The zero-order valence-corrected chi connectivity index (χ0v) is 9.62. The van der Waals surface area contributed by atoms with E-state index < -0.39 is 11.6 Å². The number of aliphatic hydroxyl groups is 1. The summed E-state index contributed by atoms with van der Waals surface area (Å²) in [4.78, 5) is 11.2. The Hall–Kier alpha value is -0.610. The Morgan fingerprint density at radius 3 is 2.60 bits per heavy atom. The fraction of sp³-hybridized carbons (Fsp3) is 0.909. The molecule has 4 nitrogen and oxygen atoms in total. The molecule has 1 rings (SSSR count). The van der Waals surface area contributed by atoms with Gasteiger partial charge in [-0.05, 0) is 38.5 Å². The number of carbonyl (C=O) groups excluding carboxylic acids is 1. The van der Waals surface area contributed by atoms with E-state index in [-0.39, 0.29) is 5.91 Å². The minimum Gasteiger partial charge on any atom is -0.388 e. The van der Waals surface area contributed by atoms with Crippen molar-refractivity contribution in [3.05, 3.63) is 0 Å². The van der Waals surface area contributed by atoms with Gasteiger partial charge in [-0.25, -0.2) is 0 Å². The van der Waals surface area contributed by atoms with E-state index in [1.165, 1.54) is 0 Å². The van der Waals surface area contributed by atoms with Gasteiger partial charge in [0.05, 0.1) is 11.6 Å². The molecule has 0 spiro atoms. The molecule has 0 heterocycles. The average Bonchev–Trinajstić information content (AvgIpc) is 2.19. The van der Waals surface area contributed by atoms with E-state index in [0.29, 0.717) is 12.5 Å². The van der Waals surface area contributed by atoms with Gasteiger partial charge in [-0.3, -0.25) is 4.79 Å². The summed E-state index contributed by atoms with van der Waals surface area (Å²) in [7, 11) is 0. The van der Waals surface area contributed by atoms with Gasteiger partial charge in [-0.15, -0.1) is 0 Å². The molecule has 88 valence electrons. The molecule has 1 saturated carbocycles. The van der Waals surface area contributed by atoms with Crippen molar-refractivity contribution in [3.8, 4) is 0 Å². The van der Waals surface area contributed by atoms with Gasteiger partial charge in [0.25, 0.3) is 0 Å². The first-order chi connectivity index (χ1) is 6.93. The highest BCUT2D eigenvalue weighted by Gasteiger charge is 2.32. The third kappa shape index (κ3) is 3.80. The van der Waals surface area contributed by atoms with E-state index in [0.717, 1.165) is 25.7 Å². The molecule has 0 bridgehead atoms. The number of carbonyl (C=O) groups is 1. The standard InChI is InChI=1S/C11H22N2O2/c1-8-3-5-11(15,6-4-8)7-13-10(14)9(2)12/h8-9,15H,3-7,12H2,1-2H3,(H,13,14). The molecule has 1 aliphatic carbocycles. The normalized spacial score (nSPS) is 33.5. The summed E-state index contributed by atoms with van der Waals surface area (Å²) < 4.78 is 0. The summed E-state index contributed by atoms with van der Waals surface area (Å²) in [6, 6.07) is -0.504. The second-order valence-corrected chi connectivity index (χ2v) is 4.91. The summed E-state index contributed by atoms with van der Waals surface area (Å²) in [6.07, 6.45) is 3.61. The van der Waals surface area contributed by atoms with Crippen LogP contribution in [0.5, 0.6) is 0 Å². The number of hydrogen-bond donors (Lipinski definition) is 3. The number of amides is 1. The first-order valence-corrected chi connectivity index (χ1v) is 5.69. The van der Waals surface area contributed by atoms with Crippen molar-refractivity contribution in [3.63, 3.8) is 0 Å². The van der Waals surface area contributed by atoms with Crippen molar-refractivity contribution in [1.29, 1.82) is 0 Å². The molecule has 1 aliphatic rings. The number of hydrogen-bond acceptors (Lipinski definition) is 3. The van der Waals surface area contributed by atoms with E-state index >= 15 is 0 Å². The minimum atomic E-state index is -0.711. The van der Waals surface area contributed by atoms with Crippen LogP contribution in [0, 0.1) is 5.92 Å². The Labute approximate surface area is 91.2 Å². The number of nitrogens with two attached hydrogens (primary N) is 1. The SMILES string of the molecule is CC1CCC(O)(CNC(=O)C(C)N)CC1. The molecule has 0 aromatic carbocycles. The van der Waals surface area contributed by atoms with Crippen molar-refractivity contribution < 1.29 is 9.90 Å². The lowest BCUT2D eigenvalue weighted by atomic mass is 9.79. The molecule has 0 aromatic rings. The maximum atomic E-state index is 11.2. The molecule has 0 radical (unpaired) electrons. The van der Waals surface area contributed by atoms with E-state index in [4.69, 9.17) is 5.73 Å². The van der Waals surface area contributed by atoms with Crippen LogP contribution >= 0.6 is 0 Å². The lowest BCUT2D eigenvalue weighted by Gasteiger charge is -2.35. The third-order valence-corrected chi connectivity index (χ3v) is 3.21. The van der Waals surface area contributed by atoms with Gasteiger partial charge in [-0.1, -0.05) is 6.92 Å². The van der Waals surface area contributed by atoms with Crippen LogP contribution in [0.1, 0.15) is 39.5 Å². The zero-order valence-electron chi connectivity index (χ0n) is 9.62. The first kappa shape index (κ1) is 12.5.